The van der Waals surface area contributed by atoms with E-state index in [-0.39, 0.29) is 0 Å². The Bertz CT molecular complexity index is 597. The Hall–Kier alpha value is -1.19. The molecule has 1 N–H and O–H groups in total. The fraction of sp³-hybridized carbons (Fsp3) is 0.500. The molecule has 2 aromatic rings. The van der Waals surface area contributed by atoms with Crippen molar-refractivity contribution in [3.05, 3.63) is 51.5 Å². The van der Waals surface area contributed by atoms with Crippen LogP contribution in [-0.2, 0) is 19.4 Å². The molecule has 2 saturated carbocycles. The molecule has 2 aliphatic rings. The van der Waals surface area contributed by atoms with Gasteiger partial charge in [-0.15, -0.1) is 11.3 Å². The van der Waals surface area contributed by atoms with Gasteiger partial charge in [0, 0.05) is 29.8 Å². The molecule has 0 atom stereocenters. The molecular formula is C18H22N2S. The lowest BCUT2D eigenvalue weighted by Crippen LogP contribution is -2.15. The summed E-state index contributed by atoms with van der Waals surface area (Å²) in [7, 11) is 0. The van der Waals surface area contributed by atoms with Crippen LogP contribution in [-0.4, -0.2) is 11.0 Å². The number of nitrogens with zero attached hydrogens (tertiary/aromatic N) is 1. The molecule has 1 heterocycles. The van der Waals surface area contributed by atoms with Crippen LogP contribution in [0, 0.1) is 0 Å². The molecule has 2 aliphatic carbocycles. The predicted octanol–water partition coefficient (Wildman–Crippen LogP) is 4.06. The van der Waals surface area contributed by atoms with E-state index >= 15 is 0 Å². The van der Waals surface area contributed by atoms with E-state index in [1.54, 1.807) is 0 Å². The minimum atomic E-state index is 0.766. The molecule has 3 heteroatoms. The third-order valence-corrected chi connectivity index (χ3v) is 5.47. The number of rotatable bonds is 7. The van der Waals surface area contributed by atoms with Crippen LogP contribution >= 0.6 is 11.3 Å². The molecule has 0 aliphatic heterocycles. The summed E-state index contributed by atoms with van der Waals surface area (Å²) in [5.41, 5.74) is 2.83. The monoisotopic (exact) mass is 298 g/mol. The second kappa shape index (κ2) is 5.90. The molecule has 2 nitrogen and oxygen atoms in total. The molecule has 0 unspecified atom stereocenters. The van der Waals surface area contributed by atoms with Crippen molar-refractivity contribution in [3.8, 4) is 0 Å². The molecule has 110 valence electrons. The maximum absolute atomic E-state index is 4.96. The van der Waals surface area contributed by atoms with Gasteiger partial charge in [-0.1, -0.05) is 30.3 Å². The number of thiazole rings is 1. The smallest absolute Gasteiger partial charge is 0.0935 e. The average molecular weight is 298 g/mol. The molecule has 0 radical (unpaired) electrons. The second-order valence-electron chi connectivity index (χ2n) is 6.33. The topological polar surface area (TPSA) is 24.9 Å². The van der Waals surface area contributed by atoms with Crippen molar-refractivity contribution < 1.29 is 0 Å². The van der Waals surface area contributed by atoms with Gasteiger partial charge in [0.05, 0.1) is 10.7 Å². The Balaban J connectivity index is 1.43. The van der Waals surface area contributed by atoms with Crippen LogP contribution in [0.15, 0.2) is 30.3 Å². The lowest BCUT2D eigenvalue weighted by atomic mass is 10.1. The van der Waals surface area contributed by atoms with Gasteiger partial charge in [0.15, 0.2) is 0 Å². The van der Waals surface area contributed by atoms with Gasteiger partial charge in [0.1, 0.15) is 0 Å². The highest BCUT2D eigenvalue weighted by atomic mass is 32.1. The van der Waals surface area contributed by atoms with Crippen molar-refractivity contribution in [2.45, 2.75) is 57.0 Å². The van der Waals surface area contributed by atoms with Crippen molar-refractivity contribution in [1.29, 1.82) is 0 Å². The van der Waals surface area contributed by atoms with Crippen molar-refractivity contribution in [2.75, 3.05) is 0 Å². The third-order valence-electron chi connectivity index (χ3n) is 4.33. The van der Waals surface area contributed by atoms with Gasteiger partial charge in [0.25, 0.3) is 0 Å². The van der Waals surface area contributed by atoms with E-state index < -0.39 is 0 Å². The van der Waals surface area contributed by atoms with Crippen LogP contribution in [0.25, 0.3) is 0 Å². The normalized spacial score (nSPS) is 18.1. The van der Waals surface area contributed by atoms with E-state index in [0.29, 0.717) is 0 Å². The van der Waals surface area contributed by atoms with Gasteiger partial charge >= 0.3 is 0 Å². The minimum absolute atomic E-state index is 0.766. The Morgan fingerprint density at radius 1 is 1.05 bits per heavy atom. The van der Waals surface area contributed by atoms with Crippen molar-refractivity contribution >= 4 is 11.3 Å². The van der Waals surface area contributed by atoms with E-state index in [0.717, 1.165) is 31.3 Å². The Kier molecular flexibility index (Phi) is 3.78. The molecule has 0 saturated heterocycles. The summed E-state index contributed by atoms with van der Waals surface area (Å²) >= 11 is 1.94. The molecule has 0 bridgehead atoms. The first kappa shape index (κ1) is 13.5. The first-order valence-electron chi connectivity index (χ1n) is 8.14. The van der Waals surface area contributed by atoms with Gasteiger partial charge < -0.3 is 5.32 Å². The summed E-state index contributed by atoms with van der Waals surface area (Å²) in [5, 5.41) is 4.98. The van der Waals surface area contributed by atoms with Crippen molar-refractivity contribution in [3.63, 3.8) is 0 Å². The van der Waals surface area contributed by atoms with E-state index in [4.69, 9.17) is 4.98 Å². The third kappa shape index (κ3) is 3.53. The van der Waals surface area contributed by atoms with Crippen LogP contribution in [0.3, 0.4) is 0 Å². The SMILES string of the molecule is c1ccc(CCc2nc(C3CC3)c(CNC3CC3)s2)cc1. The fourth-order valence-electron chi connectivity index (χ4n) is 2.74. The standard InChI is InChI=1S/C18H22N2S/c1-2-4-13(5-3-1)6-11-17-20-18(14-7-8-14)16(21-17)12-19-15-9-10-15/h1-5,14-15,19H,6-12H2. The van der Waals surface area contributed by atoms with Crippen LogP contribution in [0.4, 0.5) is 0 Å². The first-order valence-corrected chi connectivity index (χ1v) is 8.96. The quantitative estimate of drug-likeness (QED) is 0.834. The second-order valence-corrected chi connectivity index (χ2v) is 7.50. The van der Waals surface area contributed by atoms with Gasteiger partial charge in [0.2, 0.25) is 0 Å². The Morgan fingerprint density at radius 3 is 2.57 bits per heavy atom. The minimum Gasteiger partial charge on any atom is -0.309 e. The number of benzene rings is 1. The molecular weight excluding hydrogens is 276 g/mol. The number of aryl methyl sites for hydroxylation is 2. The lowest BCUT2D eigenvalue weighted by Gasteiger charge is -2.01. The zero-order valence-electron chi connectivity index (χ0n) is 12.3. The molecule has 1 aromatic carbocycles. The summed E-state index contributed by atoms with van der Waals surface area (Å²) in [6.07, 6.45) is 7.60. The largest absolute Gasteiger partial charge is 0.309 e. The highest BCUT2D eigenvalue weighted by molar-refractivity contribution is 7.11. The number of aromatic nitrogens is 1. The van der Waals surface area contributed by atoms with Gasteiger partial charge in [-0.2, -0.15) is 0 Å². The summed E-state index contributed by atoms with van der Waals surface area (Å²) in [5.74, 6) is 0.766. The molecule has 21 heavy (non-hydrogen) atoms. The number of hydrogen-bond donors (Lipinski definition) is 1. The first-order chi connectivity index (χ1) is 10.4. The maximum atomic E-state index is 4.96. The summed E-state index contributed by atoms with van der Waals surface area (Å²) in [6.45, 7) is 1.04. The highest BCUT2D eigenvalue weighted by Crippen LogP contribution is 2.43. The Labute approximate surface area is 130 Å². The molecule has 0 spiro atoms. The number of hydrogen-bond acceptors (Lipinski definition) is 3. The van der Waals surface area contributed by atoms with E-state index in [1.807, 2.05) is 11.3 Å². The van der Waals surface area contributed by atoms with E-state index in [2.05, 4.69) is 35.6 Å². The van der Waals surface area contributed by atoms with Gasteiger partial charge in [-0.05, 0) is 37.7 Å². The summed E-state index contributed by atoms with van der Waals surface area (Å²) < 4.78 is 0. The summed E-state index contributed by atoms with van der Waals surface area (Å²) in [4.78, 5) is 6.47. The van der Waals surface area contributed by atoms with Gasteiger partial charge in [-0.25, -0.2) is 4.98 Å². The Morgan fingerprint density at radius 2 is 1.86 bits per heavy atom. The van der Waals surface area contributed by atoms with Crippen molar-refractivity contribution in [1.82, 2.24) is 10.3 Å². The zero-order chi connectivity index (χ0) is 14.1. The predicted molar refractivity (Wildman–Crippen MR) is 87.8 cm³/mol. The average Bonchev–Trinajstić information content (AvgIpc) is 3.43. The zero-order valence-corrected chi connectivity index (χ0v) is 13.2. The summed E-state index contributed by atoms with van der Waals surface area (Å²) in [6, 6.07) is 11.5. The maximum Gasteiger partial charge on any atom is 0.0935 e. The van der Waals surface area contributed by atoms with Gasteiger partial charge in [-0.3, -0.25) is 0 Å². The van der Waals surface area contributed by atoms with Crippen LogP contribution in [0.2, 0.25) is 0 Å². The molecule has 2 fully saturated rings. The van der Waals surface area contributed by atoms with Crippen LogP contribution in [0.5, 0.6) is 0 Å². The molecule has 4 rings (SSSR count). The highest BCUT2D eigenvalue weighted by Gasteiger charge is 2.30. The molecule has 0 amide bonds. The van der Waals surface area contributed by atoms with Crippen LogP contribution in [0.1, 0.15) is 52.7 Å². The lowest BCUT2D eigenvalue weighted by molar-refractivity contribution is 0.688. The van der Waals surface area contributed by atoms with Crippen molar-refractivity contribution in [2.24, 2.45) is 0 Å². The molecule has 1 aromatic heterocycles. The van der Waals surface area contributed by atoms with Crippen LogP contribution < -0.4 is 5.32 Å². The number of nitrogens with one attached hydrogen (secondary N) is 1. The van der Waals surface area contributed by atoms with E-state index in [1.165, 1.54) is 46.8 Å². The fourth-order valence-corrected chi connectivity index (χ4v) is 3.85. The van der Waals surface area contributed by atoms with E-state index in [9.17, 15) is 0 Å².